The summed E-state index contributed by atoms with van der Waals surface area (Å²) in [5.74, 6) is -4.07. The van der Waals surface area contributed by atoms with Gasteiger partial charge in [0.2, 0.25) is 0 Å². The van der Waals surface area contributed by atoms with Gasteiger partial charge in [0.1, 0.15) is 18.6 Å². The second kappa shape index (κ2) is 10.7. The van der Waals surface area contributed by atoms with Gasteiger partial charge in [-0.15, -0.1) is 0 Å². The van der Waals surface area contributed by atoms with Crippen LogP contribution in [-0.2, 0) is 37.4 Å². The predicted molar refractivity (Wildman–Crippen MR) is 107 cm³/mol. The maximum atomic E-state index is 15.8. The van der Waals surface area contributed by atoms with Crippen molar-refractivity contribution in [1.82, 2.24) is 9.55 Å². The Hall–Kier alpha value is -2.41. The van der Waals surface area contributed by atoms with Gasteiger partial charge in [-0.3, -0.25) is 28.5 Å². The Kier molecular flexibility index (Phi) is 8.69. The quantitative estimate of drug-likeness (QED) is 0.370. The number of aromatic amines is 1. The molecule has 33 heavy (non-hydrogen) atoms. The Morgan fingerprint density at radius 1 is 1.18 bits per heavy atom. The van der Waals surface area contributed by atoms with Crippen molar-refractivity contribution >= 4 is 19.5 Å². The lowest BCUT2D eigenvalue weighted by Crippen LogP contribution is -2.46. The van der Waals surface area contributed by atoms with Crippen LogP contribution in [0.15, 0.2) is 21.9 Å². The summed E-state index contributed by atoms with van der Waals surface area (Å²) in [7, 11) is -5.17. The fourth-order valence-electron chi connectivity index (χ4n) is 3.40. The summed E-state index contributed by atoms with van der Waals surface area (Å²) in [6, 6.07) is 0.924. The van der Waals surface area contributed by atoms with Crippen molar-refractivity contribution in [3.05, 3.63) is 33.1 Å². The molecule has 0 saturated carbocycles. The second-order valence-corrected chi connectivity index (χ2v) is 9.01. The molecule has 1 aliphatic rings. The molecule has 2 rings (SSSR count). The molecule has 1 fully saturated rings. The number of carbonyl (C=O) groups is 2. The first-order chi connectivity index (χ1) is 15.4. The molecule has 12 nitrogen and oxygen atoms in total. The van der Waals surface area contributed by atoms with Crippen molar-refractivity contribution in [3.63, 3.8) is 0 Å². The third-order valence-corrected chi connectivity index (χ3v) is 6.82. The van der Waals surface area contributed by atoms with Crippen molar-refractivity contribution in [3.8, 4) is 0 Å². The monoisotopic (exact) mass is 498 g/mol. The van der Waals surface area contributed by atoms with Crippen LogP contribution in [0.25, 0.3) is 0 Å². The molecule has 2 heterocycles. The number of hydrogen-bond donors (Lipinski definition) is 1. The Labute approximate surface area is 186 Å². The number of aromatic nitrogens is 2. The van der Waals surface area contributed by atoms with Crippen LogP contribution in [-0.4, -0.2) is 59.2 Å². The Morgan fingerprint density at radius 3 is 2.27 bits per heavy atom. The summed E-state index contributed by atoms with van der Waals surface area (Å²) < 4.78 is 70.5. The molecule has 0 bridgehead atoms. The number of nitrogens with one attached hydrogen (secondary N) is 1. The number of halogens is 2. The Morgan fingerprint density at radius 2 is 1.79 bits per heavy atom. The van der Waals surface area contributed by atoms with Gasteiger partial charge in [-0.1, -0.05) is 0 Å². The average Bonchev–Trinajstić information content (AvgIpc) is 3.04. The van der Waals surface area contributed by atoms with Crippen LogP contribution in [0.1, 0.15) is 33.9 Å². The van der Waals surface area contributed by atoms with Crippen molar-refractivity contribution in [1.29, 1.82) is 0 Å². The topological polar surface area (TPSA) is 152 Å². The van der Waals surface area contributed by atoms with Crippen LogP contribution in [0.4, 0.5) is 8.78 Å². The average molecular weight is 498 g/mol. The number of esters is 2. The Bertz CT molecular complexity index is 1020. The van der Waals surface area contributed by atoms with Gasteiger partial charge in [-0.05, 0) is 13.8 Å². The predicted octanol–water partition coefficient (Wildman–Crippen LogP) is 1.40. The highest BCUT2D eigenvalue weighted by molar-refractivity contribution is 7.55. The molecule has 1 aromatic rings. The third-order valence-electron chi connectivity index (χ3n) is 4.59. The van der Waals surface area contributed by atoms with Crippen LogP contribution >= 0.6 is 7.60 Å². The summed E-state index contributed by atoms with van der Waals surface area (Å²) in [5, 5.41) is 0. The van der Waals surface area contributed by atoms with E-state index in [1.807, 2.05) is 4.98 Å². The minimum atomic E-state index is -5.17. The van der Waals surface area contributed by atoms with Crippen molar-refractivity contribution in [2.45, 2.75) is 51.8 Å². The number of hydrogen-bond acceptors (Lipinski definition) is 10. The highest BCUT2D eigenvalue weighted by Gasteiger charge is 2.68. The van der Waals surface area contributed by atoms with E-state index in [0.717, 1.165) is 30.7 Å². The van der Waals surface area contributed by atoms with Crippen molar-refractivity contribution in [2.24, 2.45) is 5.92 Å². The maximum absolute atomic E-state index is 15.8. The van der Waals surface area contributed by atoms with Crippen LogP contribution in [0.5, 0.6) is 0 Å². The van der Waals surface area contributed by atoms with E-state index in [9.17, 15) is 23.7 Å². The number of carbonyl (C=O) groups excluding carboxylic acids is 2. The summed E-state index contributed by atoms with van der Waals surface area (Å²) in [4.78, 5) is 48.7. The first-order valence-electron chi connectivity index (χ1n) is 9.92. The van der Waals surface area contributed by atoms with E-state index in [4.69, 9.17) is 23.3 Å². The summed E-state index contributed by atoms with van der Waals surface area (Å²) in [6.07, 6.45) is -4.34. The molecule has 1 aliphatic heterocycles. The van der Waals surface area contributed by atoms with Crippen LogP contribution < -0.4 is 11.2 Å². The van der Waals surface area contributed by atoms with Gasteiger partial charge < -0.3 is 23.3 Å². The van der Waals surface area contributed by atoms with Gasteiger partial charge in [0.15, 0.2) is 12.3 Å². The van der Waals surface area contributed by atoms with E-state index in [0.29, 0.717) is 0 Å². The van der Waals surface area contributed by atoms with Gasteiger partial charge in [-0.25, -0.2) is 4.79 Å². The molecule has 0 aliphatic carbocycles. The number of nitrogens with zero attached hydrogens (tertiary/aromatic N) is 1. The molecule has 15 heteroatoms. The van der Waals surface area contributed by atoms with E-state index >= 15 is 8.78 Å². The molecule has 1 aromatic heterocycles. The van der Waals surface area contributed by atoms with Crippen LogP contribution in [0, 0.1) is 5.92 Å². The molecule has 0 spiro atoms. The lowest BCUT2D eigenvalue weighted by molar-refractivity contribution is -0.158. The number of H-pyrrole nitrogens is 1. The Balaban J connectivity index is 2.67. The van der Waals surface area contributed by atoms with E-state index in [1.54, 1.807) is 0 Å². The molecule has 1 saturated heterocycles. The van der Waals surface area contributed by atoms with Crippen molar-refractivity contribution in [2.75, 3.05) is 19.8 Å². The smallest absolute Gasteiger partial charge is 0.400 e. The van der Waals surface area contributed by atoms with Gasteiger partial charge in [-0.2, -0.15) is 8.78 Å². The summed E-state index contributed by atoms with van der Waals surface area (Å²) in [5.41, 5.74) is -6.13. The zero-order valence-electron chi connectivity index (χ0n) is 18.3. The van der Waals surface area contributed by atoms with Crippen LogP contribution in [0.2, 0.25) is 0 Å². The third kappa shape index (κ3) is 5.75. The number of rotatable bonds is 10. The van der Waals surface area contributed by atoms with E-state index < -0.39 is 80.6 Å². The lowest BCUT2D eigenvalue weighted by atomic mass is 9.98. The maximum Gasteiger partial charge on any atom is 0.400 e. The van der Waals surface area contributed by atoms with Crippen LogP contribution in [0.3, 0.4) is 0 Å². The number of ether oxygens (including phenoxy) is 3. The molecular formula is C18H25F2N2O10P. The highest BCUT2D eigenvalue weighted by atomic mass is 31.2. The molecule has 0 unspecified atom stereocenters. The standard InChI is InChI=1S/C18H25F2N2O10P/c1-5-29-33(27,30-6-2)18(19,20)14-12(9-28-10(3)23)32-16(15(14)31-11(4)24)22-8-7-13(25)21-17(22)26/h7-8,12,14-16H,5-6,9H2,1-4H3,(H,21,25,26)/t12-,14-,15-,16-/m1/s1. The second-order valence-electron chi connectivity index (χ2n) is 6.91. The van der Waals surface area contributed by atoms with Gasteiger partial charge in [0.25, 0.3) is 5.56 Å². The van der Waals surface area contributed by atoms with E-state index in [1.165, 1.54) is 13.8 Å². The molecule has 0 aromatic carbocycles. The summed E-state index contributed by atoms with van der Waals surface area (Å²) in [6.45, 7) is 3.09. The fraction of sp³-hybridized carbons (Fsp3) is 0.667. The largest absolute Gasteiger partial charge is 0.463 e. The highest BCUT2D eigenvalue weighted by Crippen LogP contribution is 2.67. The fourth-order valence-corrected chi connectivity index (χ4v) is 5.18. The zero-order chi connectivity index (χ0) is 25.0. The first-order valence-corrected chi connectivity index (χ1v) is 11.5. The lowest BCUT2D eigenvalue weighted by Gasteiger charge is -2.34. The normalized spacial score (nSPS) is 23.3. The van der Waals surface area contributed by atoms with Gasteiger partial charge in [0.05, 0.1) is 13.2 Å². The molecule has 186 valence electrons. The molecular weight excluding hydrogens is 473 g/mol. The van der Waals surface area contributed by atoms with Crippen molar-refractivity contribution < 1.29 is 46.2 Å². The molecule has 1 N–H and O–H groups in total. The first kappa shape index (κ1) is 26.8. The van der Waals surface area contributed by atoms with E-state index in [2.05, 4.69) is 0 Å². The zero-order valence-corrected chi connectivity index (χ0v) is 19.2. The molecule has 4 atom stereocenters. The minimum Gasteiger partial charge on any atom is -0.463 e. The van der Waals surface area contributed by atoms with Gasteiger partial charge >= 0.3 is 30.9 Å². The number of alkyl halides is 2. The van der Waals surface area contributed by atoms with E-state index in [-0.39, 0.29) is 0 Å². The molecule has 0 amide bonds. The summed E-state index contributed by atoms with van der Waals surface area (Å²) >= 11 is 0. The van der Waals surface area contributed by atoms with Gasteiger partial charge in [0, 0.05) is 26.1 Å². The molecule has 0 radical (unpaired) electrons. The SMILES string of the molecule is CCOP(=O)(OCC)C(F)(F)[C@H]1[C@@H](OC(C)=O)[C@H](n2ccc(=O)[nH]c2=O)O[C@@H]1COC(C)=O. The minimum absolute atomic E-state index is 0.393.